The van der Waals surface area contributed by atoms with Gasteiger partial charge in [-0.2, -0.15) is 4.98 Å². The number of nitrogens with one attached hydrogen (secondary N) is 1. The lowest BCUT2D eigenvalue weighted by molar-refractivity contribution is 1.14. The summed E-state index contributed by atoms with van der Waals surface area (Å²) < 4.78 is 0. The van der Waals surface area contributed by atoms with Crippen molar-refractivity contribution in [3.05, 3.63) is 65.9 Å². The van der Waals surface area contributed by atoms with Crippen molar-refractivity contribution >= 4 is 45.9 Å². The minimum absolute atomic E-state index is 0.159. The van der Waals surface area contributed by atoms with Crippen LogP contribution in [0.15, 0.2) is 64.5 Å². The van der Waals surface area contributed by atoms with E-state index in [0.717, 1.165) is 16.9 Å². The average Bonchev–Trinajstić information content (AvgIpc) is 2.67. The number of benzene rings is 2. The molecule has 4 aromatic rings. The Hall–Kier alpha value is -3.32. The van der Waals surface area contributed by atoms with Crippen molar-refractivity contribution in [1.29, 1.82) is 0 Å². The van der Waals surface area contributed by atoms with Crippen molar-refractivity contribution in [3.63, 3.8) is 0 Å². The fourth-order valence-electron chi connectivity index (χ4n) is 3.33. The van der Waals surface area contributed by atoms with E-state index in [1.165, 1.54) is 15.4 Å². The molecule has 1 aliphatic rings. The first kappa shape index (κ1) is 15.9. The maximum Gasteiger partial charge on any atom is 0.222 e. The summed E-state index contributed by atoms with van der Waals surface area (Å²) in [6.07, 6.45) is 2.42. The van der Waals surface area contributed by atoms with Gasteiger partial charge in [-0.15, -0.1) is 0 Å². The van der Waals surface area contributed by atoms with Crippen LogP contribution in [-0.4, -0.2) is 15.0 Å². The van der Waals surface area contributed by atoms with Gasteiger partial charge in [0.25, 0.3) is 0 Å². The van der Waals surface area contributed by atoms with Crippen molar-refractivity contribution < 1.29 is 0 Å². The summed E-state index contributed by atoms with van der Waals surface area (Å²) >= 11 is 1.78. The highest BCUT2D eigenvalue weighted by molar-refractivity contribution is 7.99. The summed E-state index contributed by atoms with van der Waals surface area (Å²) in [5, 5.41) is 3.58. The zero-order chi connectivity index (χ0) is 18.4. The highest BCUT2D eigenvalue weighted by atomic mass is 32.2. The van der Waals surface area contributed by atoms with Crippen molar-refractivity contribution in [3.8, 4) is 0 Å². The first-order valence-corrected chi connectivity index (χ1v) is 9.33. The molecule has 1 aliphatic heterocycles. The fraction of sp³-hybridized carbons (Fsp3) is 0.0500. The van der Waals surface area contributed by atoms with Gasteiger partial charge in [0.1, 0.15) is 11.0 Å². The van der Waals surface area contributed by atoms with E-state index < -0.39 is 0 Å². The molecule has 5 rings (SSSR count). The van der Waals surface area contributed by atoms with Crippen molar-refractivity contribution in [2.24, 2.45) is 0 Å². The SMILES string of the molecule is Nc1nc(N)c2nccc(Cc3cccc4c3Nc3ccccc3S4)c2n1. The molecule has 0 bridgehead atoms. The van der Waals surface area contributed by atoms with E-state index in [1.807, 2.05) is 12.1 Å². The van der Waals surface area contributed by atoms with E-state index in [1.54, 1.807) is 18.0 Å². The van der Waals surface area contributed by atoms with Gasteiger partial charge in [-0.1, -0.05) is 36.0 Å². The summed E-state index contributed by atoms with van der Waals surface area (Å²) in [6, 6.07) is 16.6. The van der Waals surface area contributed by atoms with Crippen LogP contribution in [0.25, 0.3) is 11.0 Å². The van der Waals surface area contributed by atoms with Crippen molar-refractivity contribution in [1.82, 2.24) is 15.0 Å². The third-order valence-corrected chi connectivity index (χ3v) is 5.71. The van der Waals surface area contributed by atoms with Crippen molar-refractivity contribution in [2.45, 2.75) is 16.2 Å². The largest absolute Gasteiger partial charge is 0.382 e. The zero-order valence-electron chi connectivity index (χ0n) is 14.3. The Bertz CT molecular complexity index is 1190. The lowest BCUT2D eigenvalue weighted by Gasteiger charge is -2.23. The highest BCUT2D eigenvalue weighted by Gasteiger charge is 2.19. The number of fused-ring (bicyclic) bond motifs is 3. The zero-order valence-corrected chi connectivity index (χ0v) is 15.1. The number of nitrogens with zero attached hydrogens (tertiary/aromatic N) is 3. The van der Waals surface area contributed by atoms with Crippen LogP contribution >= 0.6 is 11.8 Å². The molecule has 5 N–H and O–H groups in total. The molecule has 132 valence electrons. The maximum atomic E-state index is 5.97. The molecule has 3 heterocycles. The van der Waals surface area contributed by atoms with E-state index in [2.05, 4.69) is 56.7 Å². The summed E-state index contributed by atoms with van der Waals surface area (Å²) in [5.74, 6) is 0.462. The third kappa shape index (κ3) is 2.72. The van der Waals surface area contributed by atoms with Crippen LogP contribution in [0.3, 0.4) is 0 Å². The van der Waals surface area contributed by atoms with E-state index >= 15 is 0 Å². The molecule has 0 atom stereocenters. The van der Waals surface area contributed by atoms with Crippen LogP contribution in [-0.2, 0) is 6.42 Å². The molecule has 0 fully saturated rings. The quantitative estimate of drug-likeness (QED) is 0.430. The smallest absolute Gasteiger partial charge is 0.222 e. The van der Waals surface area contributed by atoms with Crippen LogP contribution < -0.4 is 16.8 Å². The van der Waals surface area contributed by atoms with Crippen LogP contribution in [0.5, 0.6) is 0 Å². The van der Waals surface area contributed by atoms with Gasteiger partial charge >= 0.3 is 0 Å². The Morgan fingerprint density at radius 3 is 2.63 bits per heavy atom. The molecule has 2 aromatic carbocycles. The number of rotatable bonds is 2. The molecule has 6 nitrogen and oxygen atoms in total. The number of nitrogen functional groups attached to an aromatic ring is 2. The molecular weight excluding hydrogens is 356 g/mol. The standard InChI is InChI=1S/C20H16N6S/c21-19-18-17(25-20(22)26-19)12(8-9-23-18)10-11-4-3-7-15-16(11)24-13-5-1-2-6-14(13)27-15/h1-9,24H,10H2,(H4,21,22,25,26). The minimum Gasteiger partial charge on any atom is -0.382 e. The number of anilines is 4. The molecule has 0 radical (unpaired) electrons. The van der Waals surface area contributed by atoms with Gasteiger partial charge in [-0.25, -0.2) is 4.98 Å². The third-order valence-electron chi connectivity index (χ3n) is 4.57. The lowest BCUT2D eigenvalue weighted by atomic mass is 10.0. The Labute approximate surface area is 160 Å². The number of pyridine rings is 1. The lowest BCUT2D eigenvalue weighted by Crippen LogP contribution is -2.06. The van der Waals surface area contributed by atoms with E-state index in [9.17, 15) is 0 Å². The monoisotopic (exact) mass is 372 g/mol. The highest BCUT2D eigenvalue weighted by Crippen LogP contribution is 2.45. The molecule has 0 amide bonds. The van der Waals surface area contributed by atoms with Gasteiger partial charge in [-0.05, 0) is 35.4 Å². The minimum atomic E-state index is 0.159. The van der Waals surface area contributed by atoms with E-state index in [0.29, 0.717) is 23.3 Å². The second-order valence-corrected chi connectivity index (χ2v) is 7.41. The number of hydrogen-bond donors (Lipinski definition) is 3. The Morgan fingerprint density at radius 1 is 0.852 bits per heavy atom. The van der Waals surface area contributed by atoms with Gasteiger partial charge in [0.2, 0.25) is 5.95 Å². The molecule has 0 aliphatic carbocycles. The predicted octanol–water partition coefficient (Wildman–Crippen LogP) is 3.99. The van der Waals surface area contributed by atoms with Gasteiger partial charge in [0.05, 0.1) is 11.4 Å². The van der Waals surface area contributed by atoms with Crippen LogP contribution in [0.1, 0.15) is 11.1 Å². The molecule has 7 heteroatoms. The van der Waals surface area contributed by atoms with Gasteiger partial charge in [-0.3, -0.25) is 4.98 Å². The number of para-hydroxylation sites is 2. The summed E-state index contributed by atoms with van der Waals surface area (Å²) in [7, 11) is 0. The molecule has 0 unspecified atom stereocenters. The van der Waals surface area contributed by atoms with Crippen molar-refractivity contribution in [2.75, 3.05) is 16.8 Å². The molecular formula is C20H16N6S. The molecule has 0 spiro atoms. The average molecular weight is 372 g/mol. The summed E-state index contributed by atoms with van der Waals surface area (Å²) in [4.78, 5) is 15.1. The first-order valence-electron chi connectivity index (χ1n) is 8.51. The van der Waals surface area contributed by atoms with E-state index in [-0.39, 0.29) is 5.95 Å². The molecule has 0 saturated heterocycles. The molecule has 27 heavy (non-hydrogen) atoms. The normalized spacial score (nSPS) is 12.3. The second kappa shape index (κ2) is 6.14. The Kier molecular flexibility index (Phi) is 3.61. The summed E-state index contributed by atoms with van der Waals surface area (Å²) in [5.41, 5.74) is 17.5. The number of aromatic nitrogens is 3. The molecule has 0 saturated carbocycles. The first-order chi connectivity index (χ1) is 13.2. The van der Waals surface area contributed by atoms with Gasteiger partial charge < -0.3 is 16.8 Å². The topological polar surface area (TPSA) is 103 Å². The second-order valence-electron chi connectivity index (χ2n) is 6.32. The number of nitrogens with two attached hydrogens (primary N) is 2. The number of hydrogen-bond acceptors (Lipinski definition) is 7. The van der Waals surface area contributed by atoms with Crippen LogP contribution in [0.4, 0.5) is 23.1 Å². The predicted molar refractivity (Wildman–Crippen MR) is 109 cm³/mol. The van der Waals surface area contributed by atoms with Gasteiger partial charge in [0.15, 0.2) is 5.82 Å². The maximum absolute atomic E-state index is 5.97. The van der Waals surface area contributed by atoms with Crippen LogP contribution in [0, 0.1) is 0 Å². The molecule has 2 aromatic heterocycles. The van der Waals surface area contributed by atoms with E-state index in [4.69, 9.17) is 11.5 Å². The Morgan fingerprint density at radius 2 is 1.70 bits per heavy atom. The van der Waals surface area contributed by atoms with Crippen LogP contribution in [0.2, 0.25) is 0 Å². The fourth-order valence-corrected chi connectivity index (χ4v) is 4.38. The Balaban J connectivity index is 1.60. The van der Waals surface area contributed by atoms with Gasteiger partial charge in [0, 0.05) is 22.4 Å². The summed E-state index contributed by atoms with van der Waals surface area (Å²) in [6.45, 7) is 0.